The lowest BCUT2D eigenvalue weighted by Crippen LogP contribution is -2.12. The minimum atomic E-state index is -0.128. The van der Waals surface area contributed by atoms with E-state index in [0.717, 1.165) is 25.9 Å². The van der Waals surface area contributed by atoms with Gasteiger partial charge in [-0.1, -0.05) is 26.7 Å². The summed E-state index contributed by atoms with van der Waals surface area (Å²) in [6, 6.07) is 0. The zero-order valence-corrected chi connectivity index (χ0v) is 9.25. The normalized spacial score (nSPS) is 15.7. The smallest absolute Gasteiger partial charge is 0.0543 e. The zero-order valence-electron chi connectivity index (χ0n) is 9.25. The van der Waals surface area contributed by atoms with Gasteiger partial charge in [0.2, 0.25) is 0 Å². The maximum absolute atomic E-state index is 9.62. The zero-order chi connectivity index (χ0) is 10.1. The van der Waals surface area contributed by atoms with Gasteiger partial charge < -0.3 is 9.84 Å². The summed E-state index contributed by atoms with van der Waals surface area (Å²) in [6.07, 6.45) is 5.10. The SMILES string of the molecule is CCCC(C)CC(O)CCCOC. The van der Waals surface area contributed by atoms with E-state index in [1.54, 1.807) is 7.11 Å². The Morgan fingerprint density at radius 3 is 2.54 bits per heavy atom. The molecule has 0 heterocycles. The first kappa shape index (κ1) is 12.9. The molecule has 0 saturated carbocycles. The maximum atomic E-state index is 9.62. The Balaban J connectivity index is 3.32. The first-order chi connectivity index (χ1) is 6.20. The molecule has 0 aromatic heterocycles. The lowest BCUT2D eigenvalue weighted by Gasteiger charge is -2.15. The fourth-order valence-corrected chi connectivity index (χ4v) is 1.66. The second-order valence-corrected chi connectivity index (χ2v) is 3.92. The Labute approximate surface area is 82.3 Å². The van der Waals surface area contributed by atoms with Crippen molar-refractivity contribution < 1.29 is 9.84 Å². The fourth-order valence-electron chi connectivity index (χ4n) is 1.66. The molecule has 0 rings (SSSR count). The molecule has 1 N–H and O–H groups in total. The summed E-state index contributed by atoms with van der Waals surface area (Å²) < 4.78 is 4.93. The predicted molar refractivity (Wildman–Crippen MR) is 55.8 cm³/mol. The van der Waals surface area contributed by atoms with Gasteiger partial charge in [0, 0.05) is 13.7 Å². The second-order valence-electron chi connectivity index (χ2n) is 3.92. The van der Waals surface area contributed by atoms with Gasteiger partial charge in [-0.15, -0.1) is 0 Å². The van der Waals surface area contributed by atoms with Crippen LogP contribution in [0.1, 0.15) is 46.0 Å². The standard InChI is InChI=1S/C11H24O2/c1-4-6-10(2)9-11(12)7-5-8-13-3/h10-12H,4-9H2,1-3H3. The molecule has 0 aliphatic rings. The number of methoxy groups -OCH3 is 1. The molecule has 2 nitrogen and oxygen atoms in total. The van der Waals surface area contributed by atoms with Gasteiger partial charge in [-0.05, 0) is 25.2 Å². The van der Waals surface area contributed by atoms with Crippen LogP contribution in [-0.2, 0) is 4.74 Å². The summed E-state index contributed by atoms with van der Waals surface area (Å²) in [4.78, 5) is 0. The van der Waals surface area contributed by atoms with E-state index < -0.39 is 0 Å². The van der Waals surface area contributed by atoms with E-state index >= 15 is 0 Å². The van der Waals surface area contributed by atoms with Crippen LogP contribution in [0.15, 0.2) is 0 Å². The lowest BCUT2D eigenvalue weighted by atomic mass is 9.97. The van der Waals surface area contributed by atoms with Gasteiger partial charge in [-0.3, -0.25) is 0 Å². The van der Waals surface area contributed by atoms with E-state index in [1.807, 2.05) is 0 Å². The van der Waals surface area contributed by atoms with E-state index in [1.165, 1.54) is 12.8 Å². The molecule has 0 saturated heterocycles. The molecule has 13 heavy (non-hydrogen) atoms. The highest BCUT2D eigenvalue weighted by Crippen LogP contribution is 2.15. The highest BCUT2D eigenvalue weighted by molar-refractivity contribution is 4.61. The Hall–Kier alpha value is -0.0800. The Morgan fingerprint density at radius 1 is 1.31 bits per heavy atom. The van der Waals surface area contributed by atoms with Crippen LogP contribution in [0.5, 0.6) is 0 Å². The quantitative estimate of drug-likeness (QED) is 0.593. The molecule has 80 valence electrons. The molecule has 0 aliphatic heterocycles. The number of aliphatic hydroxyl groups is 1. The van der Waals surface area contributed by atoms with Crippen molar-refractivity contribution in [2.75, 3.05) is 13.7 Å². The highest BCUT2D eigenvalue weighted by Gasteiger charge is 2.08. The van der Waals surface area contributed by atoms with Crippen LogP contribution < -0.4 is 0 Å². The molecule has 0 aromatic carbocycles. The molecule has 2 heteroatoms. The van der Waals surface area contributed by atoms with Crippen molar-refractivity contribution in [2.24, 2.45) is 5.92 Å². The van der Waals surface area contributed by atoms with E-state index in [0.29, 0.717) is 5.92 Å². The Morgan fingerprint density at radius 2 is 2.00 bits per heavy atom. The van der Waals surface area contributed by atoms with E-state index in [4.69, 9.17) is 4.74 Å². The van der Waals surface area contributed by atoms with Crippen molar-refractivity contribution >= 4 is 0 Å². The summed E-state index contributed by atoms with van der Waals surface area (Å²) in [7, 11) is 1.70. The number of ether oxygens (including phenoxy) is 1. The lowest BCUT2D eigenvalue weighted by molar-refractivity contribution is 0.114. The molecule has 0 aromatic rings. The van der Waals surface area contributed by atoms with Crippen molar-refractivity contribution in [2.45, 2.75) is 52.1 Å². The van der Waals surface area contributed by atoms with Crippen molar-refractivity contribution in [3.63, 3.8) is 0 Å². The third-order valence-corrected chi connectivity index (χ3v) is 2.34. The van der Waals surface area contributed by atoms with Crippen LogP contribution in [0.3, 0.4) is 0 Å². The average Bonchev–Trinajstić information content (AvgIpc) is 2.05. The van der Waals surface area contributed by atoms with Gasteiger partial charge in [-0.2, -0.15) is 0 Å². The van der Waals surface area contributed by atoms with Crippen LogP contribution in [-0.4, -0.2) is 24.9 Å². The van der Waals surface area contributed by atoms with Crippen molar-refractivity contribution in [1.29, 1.82) is 0 Å². The summed E-state index contributed by atoms with van der Waals surface area (Å²) in [5, 5.41) is 9.62. The first-order valence-corrected chi connectivity index (χ1v) is 5.37. The van der Waals surface area contributed by atoms with Crippen LogP contribution in [0, 0.1) is 5.92 Å². The largest absolute Gasteiger partial charge is 0.393 e. The monoisotopic (exact) mass is 188 g/mol. The first-order valence-electron chi connectivity index (χ1n) is 5.37. The number of aliphatic hydroxyl groups excluding tert-OH is 1. The molecule has 0 amide bonds. The van der Waals surface area contributed by atoms with E-state index in [9.17, 15) is 5.11 Å². The minimum absolute atomic E-state index is 0.128. The summed E-state index contributed by atoms with van der Waals surface area (Å²) >= 11 is 0. The number of hydrogen-bond acceptors (Lipinski definition) is 2. The molecule has 0 aliphatic carbocycles. The minimum Gasteiger partial charge on any atom is -0.393 e. The van der Waals surface area contributed by atoms with E-state index in [2.05, 4.69) is 13.8 Å². The van der Waals surface area contributed by atoms with Gasteiger partial charge >= 0.3 is 0 Å². The Kier molecular flexibility index (Phi) is 8.46. The molecular weight excluding hydrogens is 164 g/mol. The fraction of sp³-hybridized carbons (Fsp3) is 1.00. The third kappa shape index (κ3) is 8.26. The molecule has 0 fully saturated rings. The van der Waals surface area contributed by atoms with Crippen molar-refractivity contribution in [3.05, 3.63) is 0 Å². The average molecular weight is 188 g/mol. The van der Waals surface area contributed by atoms with Crippen LogP contribution in [0.4, 0.5) is 0 Å². The van der Waals surface area contributed by atoms with Gasteiger partial charge in [0.05, 0.1) is 6.10 Å². The van der Waals surface area contributed by atoms with Crippen LogP contribution in [0.2, 0.25) is 0 Å². The van der Waals surface area contributed by atoms with Gasteiger partial charge in [0.25, 0.3) is 0 Å². The molecule has 2 atom stereocenters. The highest BCUT2D eigenvalue weighted by atomic mass is 16.5. The Bertz CT molecular complexity index is 104. The summed E-state index contributed by atoms with van der Waals surface area (Å²) in [5.41, 5.74) is 0. The summed E-state index contributed by atoms with van der Waals surface area (Å²) in [6.45, 7) is 5.16. The third-order valence-electron chi connectivity index (χ3n) is 2.34. The van der Waals surface area contributed by atoms with Crippen LogP contribution >= 0.6 is 0 Å². The molecule has 0 spiro atoms. The molecule has 0 radical (unpaired) electrons. The molecule has 2 unspecified atom stereocenters. The maximum Gasteiger partial charge on any atom is 0.0543 e. The topological polar surface area (TPSA) is 29.5 Å². The number of rotatable bonds is 8. The predicted octanol–water partition coefficient (Wildman–Crippen LogP) is 2.60. The van der Waals surface area contributed by atoms with Crippen molar-refractivity contribution in [3.8, 4) is 0 Å². The van der Waals surface area contributed by atoms with Crippen molar-refractivity contribution in [1.82, 2.24) is 0 Å². The van der Waals surface area contributed by atoms with Gasteiger partial charge in [0.1, 0.15) is 0 Å². The molecular formula is C11H24O2. The van der Waals surface area contributed by atoms with Gasteiger partial charge in [0.15, 0.2) is 0 Å². The number of hydrogen-bond donors (Lipinski definition) is 1. The van der Waals surface area contributed by atoms with Gasteiger partial charge in [-0.25, -0.2) is 0 Å². The second kappa shape index (κ2) is 8.52. The summed E-state index contributed by atoms with van der Waals surface area (Å²) in [5.74, 6) is 0.655. The van der Waals surface area contributed by atoms with E-state index in [-0.39, 0.29) is 6.10 Å². The molecule has 0 bridgehead atoms. The van der Waals surface area contributed by atoms with Crippen LogP contribution in [0.25, 0.3) is 0 Å².